The second-order valence-electron chi connectivity index (χ2n) is 7.15. The normalized spacial score (nSPS) is 16.2. The lowest BCUT2D eigenvalue weighted by Crippen LogP contribution is -2.46. The first kappa shape index (κ1) is 18.6. The molecule has 0 atom stereocenters. The molecule has 1 aromatic carbocycles. The van der Waals surface area contributed by atoms with Gasteiger partial charge in [-0.1, -0.05) is 13.0 Å². The molecule has 1 fully saturated rings. The van der Waals surface area contributed by atoms with Crippen molar-refractivity contribution >= 4 is 17.4 Å². The van der Waals surface area contributed by atoms with Crippen LogP contribution in [0.3, 0.4) is 0 Å². The van der Waals surface area contributed by atoms with Crippen molar-refractivity contribution in [3.63, 3.8) is 0 Å². The fourth-order valence-corrected chi connectivity index (χ4v) is 3.54. The van der Waals surface area contributed by atoms with E-state index in [1.807, 2.05) is 31.3 Å². The Morgan fingerprint density at radius 3 is 2.68 bits per heavy atom. The predicted molar refractivity (Wildman–Crippen MR) is 108 cm³/mol. The van der Waals surface area contributed by atoms with Crippen molar-refractivity contribution < 1.29 is 14.3 Å². The van der Waals surface area contributed by atoms with Crippen molar-refractivity contribution in [1.82, 2.24) is 9.88 Å². The molecular formula is C21H26N4O3. The Morgan fingerprint density at radius 1 is 1.11 bits per heavy atom. The lowest BCUT2D eigenvalue weighted by molar-refractivity contribution is -0.116. The second-order valence-corrected chi connectivity index (χ2v) is 7.15. The zero-order chi connectivity index (χ0) is 19.3. The molecule has 2 aliphatic rings. The van der Waals surface area contributed by atoms with E-state index >= 15 is 0 Å². The van der Waals surface area contributed by atoms with Crippen LogP contribution >= 0.6 is 0 Å². The molecule has 0 spiro atoms. The molecule has 0 bridgehead atoms. The van der Waals surface area contributed by atoms with E-state index in [9.17, 15) is 4.79 Å². The van der Waals surface area contributed by atoms with Crippen LogP contribution in [0.1, 0.15) is 25.3 Å². The molecule has 0 radical (unpaired) electrons. The summed E-state index contributed by atoms with van der Waals surface area (Å²) in [7, 11) is 0. The molecule has 0 unspecified atom stereocenters. The minimum atomic E-state index is 0.0138. The first-order chi connectivity index (χ1) is 13.7. The number of hydrogen-bond acceptors (Lipinski definition) is 6. The van der Waals surface area contributed by atoms with Gasteiger partial charge in [0.05, 0.1) is 11.9 Å². The summed E-state index contributed by atoms with van der Waals surface area (Å²) < 4.78 is 10.8. The number of ether oxygens (including phenoxy) is 2. The maximum atomic E-state index is 11.7. The standard InChI is InChI=1S/C21H26N4O3/c1-2-3-21(26)23-20-7-5-17(13-22-20)25-10-8-24(9-11-25)14-16-4-6-18-19(12-16)28-15-27-18/h4-7,12-13H,2-3,8-11,14-15H2,1H3,(H,22,23,26). The van der Waals surface area contributed by atoms with Crippen molar-refractivity contribution in [3.8, 4) is 11.5 Å². The predicted octanol–water partition coefficient (Wildman–Crippen LogP) is 2.87. The summed E-state index contributed by atoms with van der Waals surface area (Å²) in [5.41, 5.74) is 2.34. The number of nitrogens with one attached hydrogen (secondary N) is 1. The van der Waals surface area contributed by atoms with E-state index < -0.39 is 0 Å². The van der Waals surface area contributed by atoms with E-state index in [2.05, 4.69) is 32.2 Å². The summed E-state index contributed by atoms with van der Waals surface area (Å²) in [4.78, 5) is 20.8. The zero-order valence-corrected chi connectivity index (χ0v) is 16.2. The number of aromatic nitrogens is 1. The van der Waals surface area contributed by atoms with E-state index in [0.29, 0.717) is 19.0 Å². The summed E-state index contributed by atoms with van der Waals surface area (Å²) in [6.45, 7) is 7.09. The Hall–Kier alpha value is -2.80. The van der Waals surface area contributed by atoms with E-state index in [1.165, 1.54) is 5.56 Å². The molecule has 7 nitrogen and oxygen atoms in total. The highest BCUT2D eigenvalue weighted by Gasteiger charge is 2.19. The average Bonchev–Trinajstić information content (AvgIpc) is 3.17. The first-order valence-corrected chi connectivity index (χ1v) is 9.83. The van der Waals surface area contributed by atoms with Crippen LogP contribution in [0.2, 0.25) is 0 Å². The lowest BCUT2D eigenvalue weighted by atomic mass is 10.1. The monoisotopic (exact) mass is 382 g/mol. The van der Waals surface area contributed by atoms with Crippen molar-refractivity contribution in [1.29, 1.82) is 0 Å². The Bertz CT molecular complexity index is 817. The Labute approximate surface area is 165 Å². The van der Waals surface area contributed by atoms with E-state index in [1.54, 1.807) is 0 Å². The van der Waals surface area contributed by atoms with Crippen LogP contribution in [0, 0.1) is 0 Å². The van der Waals surface area contributed by atoms with Crippen molar-refractivity contribution in [2.45, 2.75) is 26.3 Å². The lowest BCUT2D eigenvalue weighted by Gasteiger charge is -2.36. The molecule has 0 saturated carbocycles. The number of hydrogen-bond donors (Lipinski definition) is 1. The minimum absolute atomic E-state index is 0.0138. The number of benzene rings is 1. The smallest absolute Gasteiger partial charge is 0.231 e. The number of piperazine rings is 1. The highest BCUT2D eigenvalue weighted by atomic mass is 16.7. The number of amides is 1. The van der Waals surface area contributed by atoms with Crippen LogP contribution in [0.5, 0.6) is 11.5 Å². The highest BCUT2D eigenvalue weighted by molar-refractivity contribution is 5.89. The van der Waals surface area contributed by atoms with Gasteiger partial charge in [-0.15, -0.1) is 0 Å². The third-order valence-corrected chi connectivity index (χ3v) is 5.07. The number of fused-ring (bicyclic) bond motifs is 1. The van der Waals surface area contributed by atoms with Gasteiger partial charge < -0.3 is 19.7 Å². The van der Waals surface area contributed by atoms with Crippen molar-refractivity contribution in [2.24, 2.45) is 0 Å². The average molecular weight is 382 g/mol. The summed E-state index contributed by atoms with van der Waals surface area (Å²) >= 11 is 0. The summed E-state index contributed by atoms with van der Waals surface area (Å²) in [6.07, 6.45) is 3.20. The molecular weight excluding hydrogens is 356 g/mol. The van der Waals surface area contributed by atoms with Gasteiger partial charge in [0.2, 0.25) is 12.7 Å². The van der Waals surface area contributed by atoms with Crippen LogP contribution in [0.15, 0.2) is 36.5 Å². The summed E-state index contributed by atoms with van der Waals surface area (Å²) in [5.74, 6) is 2.30. The number of carbonyl (C=O) groups excluding carboxylic acids is 1. The molecule has 1 saturated heterocycles. The minimum Gasteiger partial charge on any atom is -0.454 e. The largest absolute Gasteiger partial charge is 0.454 e. The van der Waals surface area contributed by atoms with E-state index in [4.69, 9.17) is 9.47 Å². The third kappa shape index (κ3) is 4.36. The van der Waals surface area contributed by atoms with E-state index in [0.717, 1.165) is 56.3 Å². The van der Waals surface area contributed by atoms with Gasteiger partial charge in [0.1, 0.15) is 5.82 Å². The quantitative estimate of drug-likeness (QED) is 0.829. The molecule has 7 heteroatoms. The SMILES string of the molecule is CCCC(=O)Nc1ccc(N2CCN(Cc3ccc4c(c3)OCO4)CC2)cn1. The maximum absolute atomic E-state index is 11.7. The molecule has 0 aliphatic carbocycles. The molecule has 2 aliphatic heterocycles. The summed E-state index contributed by atoms with van der Waals surface area (Å²) in [5, 5.41) is 2.83. The molecule has 1 aromatic heterocycles. The number of pyridine rings is 1. The first-order valence-electron chi connectivity index (χ1n) is 9.83. The van der Waals surface area contributed by atoms with Crippen LogP contribution in [0.4, 0.5) is 11.5 Å². The second kappa shape index (κ2) is 8.48. The Balaban J connectivity index is 1.28. The number of carbonyl (C=O) groups is 1. The van der Waals surface area contributed by atoms with Gasteiger partial charge in [-0.3, -0.25) is 9.69 Å². The van der Waals surface area contributed by atoms with Crippen molar-refractivity contribution in [3.05, 3.63) is 42.1 Å². The highest BCUT2D eigenvalue weighted by Crippen LogP contribution is 2.33. The molecule has 28 heavy (non-hydrogen) atoms. The number of rotatable bonds is 6. The van der Waals surface area contributed by atoms with Gasteiger partial charge in [0.25, 0.3) is 0 Å². The number of anilines is 2. The fraction of sp³-hybridized carbons (Fsp3) is 0.429. The fourth-order valence-electron chi connectivity index (χ4n) is 3.54. The van der Waals surface area contributed by atoms with Gasteiger partial charge in [0.15, 0.2) is 11.5 Å². The molecule has 1 amide bonds. The van der Waals surface area contributed by atoms with Gasteiger partial charge in [-0.25, -0.2) is 4.98 Å². The molecule has 2 aromatic rings. The van der Waals surface area contributed by atoms with Crippen LogP contribution in [-0.2, 0) is 11.3 Å². The number of nitrogens with zero attached hydrogens (tertiary/aromatic N) is 3. The molecule has 1 N–H and O–H groups in total. The molecule has 4 rings (SSSR count). The van der Waals surface area contributed by atoms with Crippen LogP contribution in [-0.4, -0.2) is 48.8 Å². The molecule has 148 valence electrons. The van der Waals surface area contributed by atoms with Gasteiger partial charge in [-0.05, 0) is 36.2 Å². The van der Waals surface area contributed by atoms with Gasteiger partial charge in [0, 0.05) is 39.1 Å². The summed E-state index contributed by atoms with van der Waals surface area (Å²) in [6, 6.07) is 10.1. The van der Waals surface area contributed by atoms with Crippen LogP contribution < -0.4 is 19.7 Å². The topological polar surface area (TPSA) is 66.9 Å². The molecule has 3 heterocycles. The third-order valence-electron chi connectivity index (χ3n) is 5.07. The van der Waals surface area contributed by atoms with E-state index in [-0.39, 0.29) is 5.91 Å². The maximum Gasteiger partial charge on any atom is 0.231 e. The Morgan fingerprint density at radius 2 is 1.93 bits per heavy atom. The van der Waals surface area contributed by atoms with Gasteiger partial charge >= 0.3 is 0 Å². The van der Waals surface area contributed by atoms with Crippen LogP contribution in [0.25, 0.3) is 0 Å². The Kier molecular flexibility index (Phi) is 5.62. The zero-order valence-electron chi connectivity index (χ0n) is 16.2. The van der Waals surface area contributed by atoms with Crippen molar-refractivity contribution in [2.75, 3.05) is 43.2 Å². The van der Waals surface area contributed by atoms with Gasteiger partial charge in [-0.2, -0.15) is 0 Å².